The number of aromatic amines is 1. The quantitative estimate of drug-likeness (QED) is 0.649. The average Bonchev–Trinajstić information content (AvgIpc) is 3.04. The summed E-state index contributed by atoms with van der Waals surface area (Å²) in [5, 5.41) is 18.8. The topological polar surface area (TPSA) is 78.0 Å². The molecule has 8 heteroatoms. The molecule has 0 aliphatic carbocycles. The summed E-state index contributed by atoms with van der Waals surface area (Å²) < 4.78 is 38.2. The Hall–Kier alpha value is -3.29. The first-order chi connectivity index (χ1) is 12.2. The van der Waals surface area contributed by atoms with Crippen molar-refractivity contribution >= 4 is 11.6 Å². The number of halogens is 3. The van der Waals surface area contributed by atoms with Crippen molar-refractivity contribution in [3.8, 4) is 17.0 Å². The van der Waals surface area contributed by atoms with Gasteiger partial charge in [-0.05, 0) is 48.9 Å². The molecule has 0 unspecified atom stereocenters. The fraction of sp³-hybridized carbons (Fsp3) is 0.111. The minimum Gasteiger partial charge on any atom is -0.507 e. The Labute approximate surface area is 146 Å². The number of anilines is 1. The van der Waals surface area contributed by atoms with Crippen molar-refractivity contribution in [1.29, 1.82) is 0 Å². The number of H-pyrrole nitrogens is 1. The Morgan fingerprint density at radius 2 is 1.92 bits per heavy atom. The van der Waals surface area contributed by atoms with Gasteiger partial charge in [-0.25, -0.2) is 0 Å². The summed E-state index contributed by atoms with van der Waals surface area (Å²) in [6.45, 7) is 1.82. The molecule has 5 nitrogen and oxygen atoms in total. The third-order valence-electron chi connectivity index (χ3n) is 3.70. The van der Waals surface area contributed by atoms with E-state index in [1.54, 1.807) is 18.2 Å². The summed E-state index contributed by atoms with van der Waals surface area (Å²) >= 11 is 0. The van der Waals surface area contributed by atoms with Crippen molar-refractivity contribution in [2.45, 2.75) is 13.1 Å². The van der Waals surface area contributed by atoms with Crippen LogP contribution in [0.2, 0.25) is 0 Å². The van der Waals surface area contributed by atoms with Gasteiger partial charge in [0.05, 0.1) is 11.3 Å². The number of benzene rings is 2. The Morgan fingerprint density at radius 1 is 1.15 bits per heavy atom. The van der Waals surface area contributed by atoms with Crippen LogP contribution in [0.15, 0.2) is 48.5 Å². The number of phenolic OH excluding ortho intramolecular Hbond substituents is 1. The van der Waals surface area contributed by atoms with Gasteiger partial charge in [-0.15, -0.1) is 0 Å². The van der Waals surface area contributed by atoms with E-state index in [1.807, 2.05) is 6.92 Å². The smallest absolute Gasteiger partial charge is 0.416 e. The lowest BCUT2D eigenvalue weighted by atomic mass is 10.1. The number of phenols is 1. The second-order valence-electron chi connectivity index (χ2n) is 5.72. The van der Waals surface area contributed by atoms with Crippen LogP contribution in [0.25, 0.3) is 11.3 Å². The van der Waals surface area contributed by atoms with Gasteiger partial charge in [0.25, 0.3) is 5.91 Å². The van der Waals surface area contributed by atoms with E-state index in [2.05, 4.69) is 15.5 Å². The number of rotatable bonds is 3. The minimum absolute atomic E-state index is 0.0131. The van der Waals surface area contributed by atoms with Gasteiger partial charge >= 0.3 is 6.18 Å². The summed E-state index contributed by atoms with van der Waals surface area (Å²) in [5.41, 5.74) is 0.854. The number of alkyl halides is 3. The maximum Gasteiger partial charge on any atom is 0.416 e. The van der Waals surface area contributed by atoms with E-state index in [0.717, 1.165) is 17.7 Å². The number of hydrogen-bond acceptors (Lipinski definition) is 3. The molecule has 3 N–H and O–H groups in total. The Balaban J connectivity index is 1.81. The molecule has 1 heterocycles. The Bertz CT molecular complexity index is 964. The molecule has 0 aliphatic rings. The van der Waals surface area contributed by atoms with Gasteiger partial charge in [0.15, 0.2) is 0 Å². The maximum absolute atomic E-state index is 12.7. The fourth-order valence-corrected chi connectivity index (χ4v) is 2.41. The molecular weight excluding hydrogens is 347 g/mol. The van der Waals surface area contributed by atoms with Gasteiger partial charge in [0.1, 0.15) is 11.4 Å². The molecule has 26 heavy (non-hydrogen) atoms. The number of nitrogens with zero attached hydrogens (tertiary/aromatic N) is 1. The van der Waals surface area contributed by atoms with Crippen LogP contribution in [-0.2, 0) is 6.18 Å². The van der Waals surface area contributed by atoms with Gasteiger partial charge < -0.3 is 10.4 Å². The molecule has 0 aliphatic heterocycles. The van der Waals surface area contributed by atoms with E-state index < -0.39 is 17.6 Å². The van der Waals surface area contributed by atoms with E-state index in [0.29, 0.717) is 11.3 Å². The van der Waals surface area contributed by atoms with Crippen LogP contribution in [0.3, 0.4) is 0 Å². The molecule has 3 aromatic rings. The van der Waals surface area contributed by atoms with Crippen molar-refractivity contribution in [2.24, 2.45) is 0 Å². The third-order valence-corrected chi connectivity index (χ3v) is 3.70. The van der Waals surface area contributed by atoms with Crippen LogP contribution in [0, 0.1) is 6.92 Å². The number of aromatic nitrogens is 2. The first kappa shape index (κ1) is 17.5. The lowest BCUT2D eigenvalue weighted by Crippen LogP contribution is -2.13. The third kappa shape index (κ3) is 3.69. The van der Waals surface area contributed by atoms with Crippen molar-refractivity contribution in [2.75, 3.05) is 5.32 Å². The van der Waals surface area contributed by atoms with Crippen molar-refractivity contribution in [3.05, 3.63) is 65.4 Å². The molecular formula is C18H14F3N3O2. The van der Waals surface area contributed by atoms with E-state index in [1.165, 1.54) is 18.2 Å². The molecule has 1 amide bonds. The van der Waals surface area contributed by atoms with Gasteiger partial charge in [0, 0.05) is 11.3 Å². The zero-order valence-corrected chi connectivity index (χ0v) is 13.6. The molecule has 3 rings (SSSR count). The molecule has 0 bridgehead atoms. The molecule has 0 saturated carbocycles. The molecule has 0 saturated heterocycles. The first-order valence-corrected chi connectivity index (χ1v) is 7.58. The number of amides is 1. The predicted molar refractivity (Wildman–Crippen MR) is 89.8 cm³/mol. The standard InChI is InChI=1S/C18H14F3N3O2/c1-10-5-6-13(16(25)7-10)14-9-15(24-23-14)17(26)22-12-4-2-3-11(8-12)18(19,20)21/h2-9,25H,1H3,(H,22,26)(H,23,24). The lowest BCUT2D eigenvalue weighted by molar-refractivity contribution is -0.137. The van der Waals surface area contributed by atoms with Crippen molar-refractivity contribution in [1.82, 2.24) is 10.2 Å². The predicted octanol–water partition coefficient (Wildman–Crippen LogP) is 4.36. The molecule has 0 radical (unpaired) electrons. The van der Waals surface area contributed by atoms with Crippen LogP contribution in [0.1, 0.15) is 21.6 Å². The second kappa shape index (κ2) is 6.55. The summed E-state index contributed by atoms with van der Waals surface area (Å²) in [4.78, 5) is 12.2. The number of nitrogens with one attached hydrogen (secondary N) is 2. The fourth-order valence-electron chi connectivity index (χ4n) is 2.41. The minimum atomic E-state index is -4.50. The van der Waals surface area contributed by atoms with Crippen LogP contribution in [0.5, 0.6) is 5.75 Å². The number of carbonyl (C=O) groups is 1. The normalized spacial score (nSPS) is 11.4. The second-order valence-corrected chi connectivity index (χ2v) is 5.72. The highest BCUT2D eigenvalue weighted by Gasteiger charge is 2.30. The van der Waals surface area contributed by atoms with Gasteiger partial charge in [-0.1, -0.05) is 12.1 Å². The highest BCUT2D eigenvalue weighted by molar-refractivity contribution is 6.03. The van der Waals surface area contributed by atoms with Crippen molar-refractivity contribution in [3.63, 3.8) is 0 Å². The summed E-state index contributed by atoms with van der Waals surface area (Å²) in [6.07, 6.45) is -4.50. The molecule has 0 spiro atoms. The molecule has 134 valence electrons. The van der Waals surface area contributed by atoms with E-state index >= 15 is 0 Å². The summed E-state index contributed by atoms with van der Waals surface area (Å²) in [5.74, 6) is -0.629. The molecule has 2 aromatic carbocycles. The highest BCUT2D eigenvalue weighted by Crippen LogP contribution is 2.31. The van der Waals surface area contributed by atoms with E-state index in [4.69, 9.17) is 0 Å². The van der Waals surface area contributed by atoms with E-state index in [-0.39, 0.29) is 17.1 Å². The number of aromatic hydroxyl groups is 1. The highest BCUT2D eigenvalue weighted by atomic mass is 19.4. The van der Waals surface area contributed by atoms with Crippen LogP contribution < -0.4 is 5.32 Å². The monoisotopic (exact) mass is 361 g/mol. The summed E-state index contributed by atoms with van der Waals surface area (Å²) in [7, 11) is 0. The zero-order valence-electron chi connectivity index (χ0n) is 13.6. The van der Waals surface area contributed by atoms with E-state index in [9.17, 15) is 23.1 Å². The van der Waals surface area contributed by atoms with Gasteiger partial charge in [-0.3, -0.25) is 9.89 Å². The largest absolute Gasteiger partial charge is 0.507 e. The van der Waals surface area contributed by atoms with Crippen molar-refractivity contribution < 1.29 is 23.1 Å². The van der Waals surface area contributed by atoms with Gasteiger partial charge in [0.2, 0.25) is 0 Å². The zero-order chi connectivity index (χ0) is 18.9. The number of hydrogen-bond donors (Lipinski definition) is 3. The van der Waals surface area contributed by atoms with Crippen LogP contribution in [0.4, 0.5) is 18.9 Å². The Morgan fingerprint density at radius 3 is 2.62 bits per heavy atom. The lowest BCUT2D eigenvalue weighted by Gasteiger charge is -2.09. The average molecular weight is 361 g/mol. The molecule has 0 atom stereocenters. The first-order valence-electron chi connectivity index (χ1n) is 7.58. The number of aryl methyl sites for hydroxylation is 1. The maximum atomic E-state index is 12.7. The van der Waals surface area contributed by atoms with Crippen LogP contribution >= 0.6 is 0 Å². The molecule has 0 fully saturated rings. The van der Waals surface area contributed by atoms with Gasteiger partial charge in [-0.2, -0.15) is 18.3 Å². The SMILES string of the molecule is Cc1ccc(-c2cc(C(=O)Nc3cccc(C(F)(F)F)c3)[nH]n2)c(O)c1. The number of carbonyl (C=O) groups excluding carboxylic acids is 1. The Kier molecular flexibility index (Phi) is 4.41. The molecule has 1 aromatic heterocycles. The van der Waals surface area contributed by atoms with Crippen LogP contribution in [-0.4, -0.2) is 21.2 Å². The summed E-state index contributed by atoms with van der Waals surface area (Å²) in [6, 6.07) is 10.8.